The Kier molecular flexibility index (Phi) is 1.97. The normalized spacial score (nSPS) is 10.4. The maximum Gasteiger partial charge on any atom is 0.365 e. The van der Waals surface area contributed by atoms with Crippen molar-refractivity contribution in [2.45, 2.75) is 0 Å². The van der Waals surface area contributed by atoms with E-state index in [1.165, 1.54) is 18.2 Å². The fourth-order valence-electron chi connectivity index (χ4n) is 1.02. The first-order chi connectivity index (χ1) is 6.68. The molecule has 0 saturated carbocycles. The first-order valence-corrected chi connectivity index (χ1v) is 4.05. The molecule has 0 spiro atoms. The third kappa shape index (κ3) is 1.35. The summed E-state index contributed by atoms with van der Waals surface area (Å²) in [6, 6.07) is 4.20. The van der Waals surface area contributed by atoms with Gasteiger partial charge in [-0.3, -0.25) is 0 Å². The summed E-state index contributed by atoms with van der Waals surface area (Å²) in [5.41, 5.74) is -0.124. The van der Waals surface area contributed by atoms with Gasteiger partial charge in [-0.2, -0.15) is 4.68 Å². The minimum atomic E-state index is -0.488. The predicted molar refractivity (Wildman–Crippen MR) is 48.7 cm³/mol. The van der Waals surface area contributed by atoms with Crippen molar-refractivity contribution in [3.8, 4) is 11.4 Å². The highest BCUT2D eigenvalue weighted by Gasteiger charge is 2.07. The van der Waals surface area contributed by atoms with Crippen LogP contribution in [0.25, 0.3) is 5.69 Å². The number of nitrogens with one attached hydrogen (secondary N) is 1. The zero-order valence-corrected chi connectivity index (χ0v) is 7.56. The molecule has 0 saturated heterocycles. The molecule has 14 heavy (non-hydrogen) atoms. The van der Waals surface area contributed by atoms with Gasteiger partial charge < -0.3 is 5.11 Å². The van der Waals surface area contributed by atoms with Gasteiger partial charge >= 0.3 is 5.69 Å². The highest BCUT2D eigenvalue weighted by Crippen LogP contribution is 2.22. The summed E-state index contributed by atoms with van der Waals surface area (Å²) in [7, 11) is 0. The zero-order chi connectivity index (χ0) is 10.1. The maximum atomic E-state index is 11.1. The van der Waals surface area contributed by atoms with Crippen molar-refractivity contribution in [3.63, 3.8) is 0 Å². The number of aromatic amines is 1. The number of H-pyrrole nitrogens is 1. The average Bonchev–Trinajstić information content (AvgIpc) is 2.52. The van der Waals surface area contributed by atoms with Crippen LogP contribution in [-0.4, -0.2) is 25.3 Å². The highest BCUT2D eigenvalue weighted by molar-refractivity contribution is 6.32. The van der Waals surface area contributed by atoms with E-state index in [1.54, 1.807) is 0 Å². The first kappa shape index (κ1) is 8.76. The molecular weight excluding hydrogens is 208 g/mol. The van der Waals surface area contributed by atoms with Gasteiger partial charge in [-0.05, 0) is 22.6 Å². The lowest BCUT2D eigenvalue weighted by molar-refractivity contribution is 0.475. The number of aromatic hydroxyl groups is 1. The molecule has 0 aliphatic carbocycles. The summed E-state index contributed by atoms with van der Waals surface area (Å²) in [5.74, 6) is 0.0234. The molecule has 72 valence electrons. The van der Waals surface area contributed by atoms with Gasteiger partial charge in [-0.1, -0.05) is 11.6 Å². The number of aromatic nitrogens is 4. The SMILES string of the molecule is O=c1[nH]nnn1-c1ccc(O)cc1Cl. The minimum Gasteiger partial charge on any atom is -0.508 e. The van der Waals surface area contributed by atoms with Crippen molar-refractivity contribution in [2.24, 2.45) is 0 Å². The van der Waals surface area contributed by atoms with Crippen molar-refractivity contribution in [2.75, 3.05) is 0 Å². The van der Waals surface area contributed by atoms with Crippen LogP contribution in [0.15, 0.2) is 23.0 Å². The fraction of sp³-hybridized carbons (Fsp3) is 0. The Bertz CT molecular complexity index is 518. The number of rotatable bonds is 1. The van der Waals surface area contributed by atoms with Crippen molar-refractivity contribution in [1.82, 2.24) is 20.2 Å². The van der Waals surface area contributed by atoms with E-state index in [4.69, 9.17) is 16.7 Å². The van der Waals surface area contributed by atoms with Gasteiger partial charge in [0.25, 0.3) is 0 Å². The highest BCUT2D eigenvalue weighted by atomic mass is 35.5. The van der Waals surface area contributed by atoms with Crippen LogP contribution in [0.4, 0.5) is 0 Å². The Morgan fingerprint density at radius 1 is 1.50 bits per heavy atom. The molecule has 7 heteroatoms. The molecule has 6 nitrogen and oxygen atoms in total. The largest absolute Gasteiger partial charge is 0.508 e. The van der Waals surface area contributed by atoms with E-state index >= 15 is 0 Å². The molecule has 2 N–H and O–H groups in total. The maximum absolute atomic E-state index is 11.1. The Labute approximate surface area is 82.7 Å². The second-order valence-electron chi connectivity index (χ2n) is 2.55. The Morgan fingerprint density at radius 3 is 2.86 bits per heavy atom. The molecule has 2 rings (SSSR count). The number of hydrogen-bond acceptors (Lipinski definition) is 4. The molecule has 1 aromatic carbocycles. The summed E-state index contributed by atoms with van der Waals surface area (Å²) in [4.78, 5) is 11.1. The third-order valence-electron chi connectivity index (χ3n) is 1.63. The molecule has 0 fully saturated rings. The van der Waals surface area contributed by atoms with Gasteiger partial charge in [0, 0.05) is 6.07 Å². The van der Waals surface area contributed by atoms with Crippen molar-refractivity contribution in [3.05, 3.63) is 33.7 Å². The number of halogens is 1. The molecule has 0 atom stereocenters. The van der Waals surface area contributed by atoms with Crippen LogP contribution in [0.2, 0.25) is 5.02 Å². The monoisotopic (exact) mass is 212 g/mol. The number of phenols is 1. The third-order valence-corrected chi connectivity index (χ3v) is 1.93. The Hall–Kier alpha value is -1.82. The van der Waals surface area contributed by atoms with Crippen LogP contribution in [-0.2, 0) is 0 Å². The number of nitrogens with zero attached hydrogens (tertiary/aromatic N) is 3. The Balaban J connectivity index is 2.63. The standard InChI is InChI=1S/C7H5ClN4O2/c8-5-3-4(13)1-2-6(5)12-7(14)9-10-11-12/h1-3,13H,(H,9,11,14). The van der Waals surface area contributed by atoms with Crippen molar-refractivity contribution in [1.29, 1.82) is 0 Å². The van der Waals surface area contributed by atoms with Gasteiger partial charge in [0.2, 0.25) is 0 Å². The molecule has 0 aliphatic rings. The number of hydrogen-bond donors (Lipinski definition) is 2. The molecule has 1 heterocycles. The first-order valence-electron chi connectivity index (χ1n) is 3.68. The van der Waals surface area contributed by atoms with Crippen LogP contribution in [0, 0.1) is 0 Å². The molecule has 0 aliphatic heterocycles. The zero-order valence-electron chi connectivity index (χ0n) is 6.81. The number of benzene rings is 1. The van der Waals surface area contributed by atoms with Gasteiger partial charge in [-0.15, -0.1) is 0 Å². The molecule has 0 bridgehead atoms. The number of phenolic OH excluding ortho intramolecular Hbond substituents is 1. The average molecular weight is 213 g/mol. The van der Waals surface area contributed by atoms with Gasteiger partial charge in [0.1, 0.15) is 5.75 Å². The molecule has 0 radical (unpaired) electrons. The number of tetrazole rings is 1. The summed E-state index contributed by atoms with van der Waals surface area (Å²) in [6.07, 6.45) is 0. The molecule has 0 unspecified atom stereocenters. The van der Waals surface area contributed by atoms with Crippen molar-refractivity contribution < 1.29 is 5.11 Å². The van der Waals surface area contributed by atoms with E-state index in [0.29, 0.717) is 5.69 Å². The lowest BCUT2D eigenvalue weighted by Crippen LogP contribution is -2.16. The van der Waals surface area contributed by atoms with Crippen LogP contribution < -0.4 is 5.69 Å². The lowest BCUT2D eigenvalue weighted by atomic mass is 10.3. The van der Waals surface area contributed by atoms with E-state index in [0.717, 1.165) is 4.68 Å². The quantitative estimate of drug-likeness (QED) is 0.713. The van der Waals surface area contributed by atoms with Crippen LogP contribution in [0.3, 0.4) is 0 Å². The van der Waals surface area contributed by atoms with Gasteiger partial charge in [-0.25, -0.2) is 9.89 Å². The van der Waals surface area contributed by atoms with E-state index < -0.39 is 5.69 Å². The molecule has 0 amide bonds. The topological polar surface area (TPSA) is 83.8 Å². The summed E-state index contributed by atoms with van der Waals surface area (Å²) in [6.45, 7) is 0. The van der Waals surface area contributed by atoms with Gasteiger partial charge in [0.15, 0.2) is 0 Å². The smallest absolute Gasteiger partial charge is 0.365 e. The van der Waals surface area contributed by atoms with E-state index in [1.807, 2.05) is 0 Å². The minimum absolute atomic E-state index is 0.0234. The summed E-state index contributed by atoms with van der Waals surface area (Å²) < 4.78 is 1.00. The lowest BCUT2D eigenvalue weighted by Gasteiger charge is -2.01. The fourth-order valence-corrected chi connectivity index (χ4v) is 1.28. The summed E-state index contributed by atoms with van der Waals surface area (Å²) >= 11 is 5.79. The van der Waals surface area contributed by atoms with Crippen molar-refractivity contribution >= 4 is 11.6 Å². The molecule has 2 aromatic rings. The second-order valence-corrected chi connectivity index (χ2v) is 2.96. The van der Waals surface area contributed by atoms with E-state index in [9.17, 15) is 4.79 Å². The van der Waals surface area contributed by atoms with Gasteiger partial charge in [0.05, 0.1) is 10.7 Å². The summed E-state index contributed by atoms with van der Waals surface area (Å²) in [5, 5.41) is 18.3. The van der Waals surface area contributed by atoms with Crippen LogP contribution >= 0.6 is 11.6 Å². The van der Waals surface area contributed by atoms with E-state index in [-0.39, 0.29) is 10.8 Å². The molecular formula is C7H5ClN4O2. The van der Waals surface area contributed by atoms with Crippen LogP contribution in [0.5, 0.6) is 5.75 Å². The Morgan fingerprint density at radius 2 is 2.29 bits per heavy atom. The van der Waals surface area contributed by atoms with E-state index in [2.05, 4.69) is 15.5 Å². The van der Waals surface area contributed by atoms with Crippen LogP contribution in [0.1, 0.15) is 0 Å². The predicted octanol–water partition coefficient (Wildman–Crippen LogP) is 0.315. The second kappa shape index (κ2) is 3.15. The molecule has 1 aromatic heterocycles.